The van der Waals surface area contributed by atoms with Crippen molar-refractivity contribution in [3.05, 3.63) is 65.5 Å². The number of hydrogen-bond donors (Lipinski definition) is 2. The first-order chi connectivity index (χ1) is 16.0. The van der Waals surface area contributed by atoms with E-state index in [2.05, 4.69) is 10.3 Å². The van der Waals surface area contributed by atoms with Crippen molar-refractivity contribution in [3.8, 4) is 11.3 Å². The molecule has 1 atom stereocenters. The predicted molar refractivity (Wildman–Crippen MR) is 134 cm³/mol. The maximum atomic E-state index is 13.4. The minimum atomic E-state index is -0.201. The number of carbonyl (C=O) groups excluding carboxylic acids is 2. The van der Waals surface area contributed by atoms with Crippen LogP contribution in [0, 0.1) is 5.92 Å². The highest BCUT2D eigenvalue weighted by Crippen LogP contribution is 2.30. The lowest BCUT2D eigenvalue weighted by Crippen LogP contribution is -2.43. The number of benzene rings is 2. The molecule has 7 heteroatoms. The summed E-state index contributed by atoms with van der Waals surface area (Å²) in [4.78, 5) is 32.4. The van der Waals surface area contributed by atoms with Crippen LogP contribution in [0.5, 0.6) is 0 Å². The van der Waals surface area contributed by atoms with Crippen molar-refractivity contribution in [1.29, 1.82) is 0 Å². The first-order valence-electron chi connectivity index (χ1n) is 11.5. The third-order valence-electron chi connectivity index (χ3n) is 6.29. The molecule has 172 valence electrons. The molecule has 0 saturated heterocycles. The van der Waals surface area contributed by atoms with Gasteiger partial charge >= 0.3 is 0 Å². The lowest BCUT2D eigenvalue weighted by atomic mass is 9.87. The van der Waals surface area contributed by atoms with Crippen molar-refractivity contribution in [2.45, 2.75) is 45.1 Å². The smallest absolute Gasteiger partial charge is 0.244 e. The summed E-state index contributed by atoms with van der Waals surface area (Å²) in [5.74, 6) is -0.118. The van der Waals surface area contributed by atoms with Crippen molar-refractivity contribution in [2.24, 2.45) is 5.92 Å². The van der Waals surface area contributed by atoms with Crippen molar-refractivity contribution in [3.63, 3.8) is 0 Å². The Hall–Kier alpha value is -3.19. The molecule has 1 aliphatic carbocycles. The summed E-state index contributed by atoms with van der Waals surface area (Å²) in [5.41, 5.74) is 9.19. The van der Waals surface area contributed by atoms with E-state index in [1.54, 1.807) is 4.90 Å². The lowest BCUT2D eigenvalue weighted by molar-refractivity contribution is -0.141. The van der Waals surface area contributed by atoms with Crippen molar-refractivity contribution in [2.75, 3.05) is 17.6 Å². The highest BCUT2D eigenvalue weighted by Gasteiger charge is 2.30. The highest BCUT2D eigenvalue weighted by molar-refractivity contribution is 7.13. The minimum Gasteiger partial charge on any atom is -0.375 e. The third kappa shape index (κ3) is 5.79. The monoisotopic (exact) mass is 462 g/mol. The Labute approximate surface area is 198 Å². The molecule has 3 aromatic rings. The van der Waals surface area contributed by atoms with Gasteiger partial charge in [-0.2, -0.15) is 0 Å². The molecule has 1 aromatic heterocycles. The molecule has 0 spiro atoms. The van der Waals surface area contributed by atoms with Gasteiger partial charge in [0, 0.05) is 22.5 Å². The summed E-state index contributed by atoms with van der Waals surface area (Å²) in [5, 5.41) is 5.38. The van der Waals surface area contributed by atoms with Crippen LogP contribution in [-0.4, -0.2) is 28.2 Å². The quantitative estimate of drug-likeness (QED) is 0.485. The number of aromatic nitrogens is 1. The molecule has 1 aliphatic rings. The fraction of sp³-hybridized carbons (Fsp3) is 0.346. The maximum absolute atomic E-state index is 13.4. The van der Waals surface area contributed by atoms with Gasteiger partial charge < -0.3 is 16.0 Å². The molecule has 0 unspecified atom stereocenters. The van der Waals surface area contributed by atoms with Gasteiger partial charge in [0.2, 0.25) is 11.8 Å². The first kappa shape index (κ1) is 23.0. The van der Waals surface area contributed by atoms with Crippen LogP contribution in [0.25, 0.3) is 11.3 Å². The number of rotatable bonds is 7. The van der Waals surface area contributed by atoms with Crippen LogP contribution >= 0.6 is 11.3 Å². The Balaban J connectivity index is 1.46. The van der Waals surface area contributed by atoms with E-state index >= 15 is 0 Å². The maximum Gasteiger partial charge on any atom is 0.244 e. The number of anilines is 2. The van der Waals surface area contributed by atoms with Gasteiger partial charge in [-0.3, -0.25) is 9.59 Å². The molecule has 1 heterocycles. The van der Waals surface area contributed by atoms with E-state index in [1.807, 2.05) is 66.9 Å². The van der Waals surface area contributed by atoms with Crippen molar-refractivity contribution >= 4 is 34.0 Å². The molecule has 6 nitrogen and oxygen atoms in total. The Morgan fingerprint density at radius 2 is 1.79 bits per heavy atom. The minimum absolute atomic E-state index is 0.00235. The molecular weight excluding hydrogens is 432 g/mol. The molecule has 33 heavy (non-hydrogen) atoms. The Morgan fingerprint density at radius 1 is 1.09 bits per heavy atom. The number of amides is 2. The number of nitrogens with two attached hydrogens (primary N) is 1. The van der Waals surface area contributed by atoms with Gasteiger partial charge in [0.05, 0.1) is 11.7 Å². The zero-order chi connectivity index (χ0) is 23.2. The molecule has 2 aromatic carbocycles. The molecule has 3 N–H and O–H groups in total. The summed E-state index contributed by atoms with van der Waals surface area (Å²) >= 11 is 1.40. The van der Waals surface area contributed by atoms with Crippen LogP contribution in [0.4, 0.5) is 10.8 Å². The van der Waals surface area contributed by atoms with E-state index in [0.717, 1.165) is 42.5 Å². The Bertz CT molecular complexity index is 1080. The molecule has 0 aliphatic heterocycles. The second kappa shape index (κ2) is 10.6. The Morgan fingerprint density at radius 3 is 2.42 bits per heavy atom. The van der Waals surface area contributed by atoms with E-state index < -0.39 is 0 Å². The molecule has 2 amide bonds. The van der Waals surface area contributed by atoms with E-state index in [9.17, 15) is 9.59 Å². The fourth-order valence-electron chi connectivity index (χ4n) is 4.40. The molecule has 1 saturated carbocycles. The van der Waals surface area contributed by atoms with Gasteiger partial charge in [-0.1, -0.05) is 61.7 Å². The zero-order valence-electron chi connectivity index (χ0n) is 18.9. The average Bonchev–Trinajstić information content (AvgIpc) is 3.29. The number of carbonyl (C=O) groups is 2. The molecule has 4 rings (SSSR count). The SMILES string of the molecule is C[C@H](c1ccccc1)N(CC(=O)Nc1ccc(-c2csc(N)n2)cc1)C(=O)C1CCCCC1. The molecule has 0 radical (unpaired) electrons. The molecule has 1 fully saturated rings. The molecular formula is C26H30N4O2S. The summed E-state index contributed by atoms with van der Waals surface area (Å²) in [6.07, 6.45) is 5.14. The predicted octanol–water partition coefficient (Wildman–Crippen LogP) is 5.50. The van der Waals surface area contributed by atoms with E-state index in [4.69, 9.17) is 5.73 Å². The zero-order valence-corrected chi connectivity index (χ0v) is 19.7. The van der Waals surface area contributed by atoms with Crippen LogP contribution in [0.3, 0.4) is 0 Å². The average molecular weight is 463 g/mol. The summed E-state index contributed by atoms with van der Waals surface area (Å²) in [7, 11) is 0. The van der Waals surface area contributed by atoms with Crippen molar-refractivity contribution in [1.82, 2.24) is 9.88 Å². The van der Waals surface area contributed by atoms with E-state index in [-0.39, 0.29) is 30.3 Å². The Kier molecular flexibility index (Phi) is 7.40. The first-order valence-corrected chi connectivity index (χ1v) is 12.4. The molecule has 0 bridgehead atoms. The van der Waals surface area contributed by atoms with Gasteiger partial charge in [0.15, 0.2) is 5.13 Å². The summed E-state index contributed by atoms with van der Waals surface area (Å²) < 4.78 is 0. The lowest BCUT2D eigenvalue weighted by Gasteiger charge is -2.33. The topological polar surface area (TPSA) is 88.3 Å². The van der Waals surface area contributed by atoms with Crippen LogP contribution in [0.15, 0.2) is 60.0 Å². The highest BCUT2D eigenvalue weighted by atomic mass is 32.1. The summed E-state index contributed by atoms with van der Waals surface area (Å²) in [6.45, 7) is 2.02. The van der Waals surface area contributed by atoms with Crippen LogP contribution in [-0.2, 0) is 9.59 Å². The van der Waals surface area contributed by atoms with E-state index in [0.29, 0.717) is 10.8 Å². The van der Waals surface area contributed by atoms with Gasteiger partial charge in [-0.15, -0.1) is 11.3 Å². The van der Waals surface area contributed by atoms with Gasteiger partial charge in [0.25, 0.3) is 0 Å². The number of thiazole rings is 1. The second-order valence-corrected chi connectivity index (χ2v) is 9.47. The van der Waals surface area contributed by atoms with Gasteiger partial charge in [0.1, 0.15) is 6.54 Å². The third-order valence-corrected chi connectivity index (χ3v) is 6.96. The standard InChI is InChI=1S/C26H30N4O2S/c1-18(19-8-4-2-5-9-19)30(25(32)21-10-6-3-7-11-21)16-24(31)28-22-14-12-20(13-15-22)23-17-33-26(27)29-23/h2,4-5,8-9,12-15,17-18,21H,3,6-7,10-11,16H2,1H3,(H2,27,29)(H,28,31)/t18-/m1/s1. The van der Waals surface area contributed by atoms with Gasteiger partial charge in [-0.05, 0) is 37.5 Å². The number of nitrogens with one attached hydrogen (secondary N) is 1. The number of nitrogen functional groups attached to an aromatic ring is 1. The van der Waals surface area contributed by atoms with Crippen molar-refractivity contribution < 1.29 is 9.59 Å². The normalized spacial score (nSPS) is 15.1. The van der Waals surface area contributed by atoms with Crippen LogP contribution in [0.1, 0.15) is 50.6 Å². The second-order valence-electron chi connectivity index (χ2n) is 8.58. The largest absolute Gasteiger partial charge is 0.375 e. The summed E-state index contributed by atoms with van der Waals surface area (Å²) in [6, 6.07) is 17.2. The van der Waals surface area contributed by atoms with Crippen LogP contribution in [0.2, 0.25) is 0 Å². The number of hydrogen-bond acceptors (Lipinski definition) is 5. The van der Waals surface area contributed by atoms with Crippen LogP contribution < -0.4 is 11.1 Å². The fourth-order valence-corrected chi connectivity index (χ4v) is 4.97. The van der Waals surface area contributed by atoms with Gasteiger partial charge in [-0.25, -0.2) is 4.98 Å². The number of nitrogens with zero attached hydrogens (tertiary/aromatic N) is 2. The van der Waals surface area contributed by atoms with E-state index in [1.165, 1.54) is 17.8 Å².